The first-order valence-electron chi connectivity index (χ1n) is 4.17. The molecule has 2 heterocycles. The van der Waals surface area contributed by atoms with Crippen LogP contribution in [0.3, 0.4) is 0 Å². The molecule has 0 radical (unpaired) electrons. The fourth-order valence-electron chi connectivity index (χ4n) is 1.18. The minimum Gasteiger partial charge on any atom is -0.358 e. The van der Waals surface area contributed by atoms with E-state index >= 15 is 0 Å². The van der Waals surface area contributed by atoms with Gasteiger partial charge in [-0.25, -0.2) is 0 Å². The summed E-state index contributed by atoms with van der Waals surface area (Å²) >= 11 is 10.6. The molecule has 0 spiro atoms. The van der Waals surface area contributed by atoms with Crippen LogP contribution in [-0.2, 0) is 6.54 Å². The second kappa shape index (κ2) is 4.52. The summed E-state index contributed by atoms with van der Waals surface area (Å²) in [7, 11) is 0. The van der Waals surface area contributed by atoms with Crippen LogP contribution in [0.5, 0.6) is 0 Å². The lowest BCUT2D eigenvalue weighted by molar-refractivity contribution is -0.389. The van der Waals surface area contributed by atoms with Gasteiger partial charge in [-0.15, -0.1) is 11.3 Å². The van der Waals surface area contributed by atoms with E-state index in [-0.39, 0.29) is 10.8 Å². The molecule has 0 N–H and O–H groups in total. The molecule has 0 saturated heterocycles. The van der Waals surface area contributed by atoms with Gasteiger partial charge in [0.25, 0.3) is 0 Å². The Labute approximate surface area is 108 Å². The zero-order valence-corrected chi connectivity index (χ0v) is 10.9. The molecule has 2 rings (SSSR count). The summed E-state index contributed by atoms with van der Waals surface area (Å²) in [6.07, 6.45) is 1.45. The summed E-state index contributed by atoms with van der Waals surface area (Å²) in [6, 6.07) is 1.92. The third kappa shape index (κ3) is 2.26. The molecular weight excluding hydrogens is 318 g/mol. The van der Waals surface area contributed by atoms with Crippen LogP contribution in [0.4, 0.5) is 5.82 Å². The fourth-order valence-corrected chi connectivity index (χ4v) is 2.86. The molecule has 16 heavy (non-hydrogen) atoms. The van der Waals surface area contributed by atoms with Crippen molar-refractivity contribution < 1.29 is 4.92 Å². The first-order valence-corrected chi connectivity index (χ1v) is 6.22. The molecule has 5 nitrogen and oxygen atoms in total. The predicted octanol–water partition coefficient (Wildman–Crippen LogP) is 3.32. The van der Waals surface area contributed by atoms with E-state index in [0.29, 0.717) is 6.54 Å². The number of nitro groups is 1. The Kier molecular flexibility index (Phi) is 3.27. The lowest BCUT2D eigenvalue weighted by Gasteiger charge is -1.94. The lowest BCUT2D eigenvalue weighted by atomic mass is 10.5. The lowest BCUT2D eigenvalue weighted by Crippen LogP contribution is -2.00. The maximum absolute atomic E-state index is 10.5. The number of halogens is 2. The van der Waals surface area contributed by atoms with Gasteiger partial charge in [0.1, 0.15) is 0 Å². The Hall–Kier alpha value is -0.920. The van der Waals surface area contributed by atoms with Gasteiger partial charge in [0, 0.05) is 9.35 Å². The highest BCUT2D eigenvalue weighted by molar-refractivity contribution is 9.10. The topological polar surface area (TPSA) is 61.0 Å². The number of hydrogen-bond donors (Lipinski definition) is 0. The van der Waals surface area contributed by atoms with Gasteiger partial charge in [0.05, 0.1) is 17.8 Å². The Morgan fingerprint density at radius 3 is 2.94 bits per heavy atom. The Morgan fingerprint density at radius 2 is 2.44 bits per heavy atom. The average molecular weight is 323 g/mol. The van der Waals surface area contributed by atoms with Crippen LogP contribution in [0.15, 0.2) is 22.1 Å². The van der Waals surface area contributed by atoms with Crippen LogP contribution in [0.25, 0.3) is 0 Å². The molecule has 8 heteroatoms. The van der Waals surface area contributed by atoms with Crippen LogP contribution < -0.4 is 0 Å². The highest BCUT2D eigenvalue weighted by atomic mass is 79.9. The van der Waals surface area contributed by atoms with Gasteiger partial charge in [-0.1, -0.05) is 11.6 Å². The third-order valence-electron chi connectivity index (χ3n) is 1.87. The molecule has 0 aliphatic carbocycles. The first-order chi connectivity index (χ1) is 7.58. The molecule has 0 saturated carbocycles. The summed E-state index contributed by atoms with van der Waals surface area (Å²) in [5.41, 5.74) is 0. The van der Waals surface area contributed by atoms with Gasteiger partial charge < -0.3 is 10.1 Å². The summed E-state index contributed by atoms with van der Waals surface area (Å²) < 4.78 is 2.42. The molecule has 0 aromatic carbocycles. The van der Waals surface area contributed by atoms with Gasteiger partial charge in [-0.3, -0.25) is 0 Å². The van der Waals surface area contributed by atoms with Crippen molar-refractivity contribution in [2.75, 3.05) is 0 Å². The van der Waals surface area contributed by atoms with Crippen molar-refractivity contribution in [2.45, 2.75) is 6.54 Å². The Morgan fingerprint density at radius 1 is 1.69 bits per heavy atom. The number of aromatic nitrogens is 2. The smallest absolute Gasteiger partial charge is 0.358 e. The second-order valence-electron chi connectivity index (χ2n) is 2.95. The molecule has 0 amide bonds. The van der Waals surface area contributed by atoms with E-state index in [4.69, 9.17) is 11.6 Å². The maximum atomic E-state index is 10.5. The SMILES string of the molecule is O=[N+]([O-])c1nn(Cc2sccc2Br)cc1Cl. The standard InChI is InChI=1S/C8H5BrClN3O2S/c9-5-1-2-16-7(5)4-12-3-6(10)8(11-12)13(14)15/h1-3H,4H2. The third-order valence-corrected chi connectivity index (χ3v) is 4.05. The number of hydrogen-bond acceptors (Lipinski definition) is 4. The van der Waals surface area contributed by atoms with Gasteiger partial charge in [0.2, 0.25) is 0 Å². The number of nitrogens with zero attached hydrogens (tertiary/aromatic N) is 3. The molecule has 2 aromatic heterocycles. The zero-order valence-electron chi connectivity index (χ0n) is 7.76. The molecular formula is C8H5BrClN3O2S. The van der Waals surface area contributed by atoms with E-state index in [0.717, 1.165) is 9.35 Å². The summed E-state index contributed by atoms with van der Waals surface area (Å²) in [5, 5.41) is 16.3. The highest BCUT2D eigenvalue weighted by Crippen LogP contribution is 2.26. The normalized spacial score (nSPS) is 10.6. The van der Waals surface area contributed by atoms with Crippen molar-refractivity contribution in [1.29, 1.82) is 0 Å². The van der Waals surface area contributed by atoms with Crippen LogP contribution in [0, 0.1) is 10.1 Å². The quantitative estimate of drug-likeness (QED) is 0.643. The van der Waals surface area contributed by atoms with E-state index in [1.54, 1.807) is 11.3 Å². The monoisotopic (exact) mass is 321 g/mol. The van der Waals surface area contributed by atoms with Crippen molar-refractivity contribution in [3.8, 4) is 0 Å². The van der Waals surface area contributed by atoms with E-state index in [1.807, 2.05) is 11.4 Å². The Balaban J connectivity index is 2.26. The molecule has 84 valence electrons. The molecule has 0 aliphatic rings. The van der Waals surface area contributed by atoms with Crippen LogP contribution in [0.1, 0.15) is 4.88 Å². The first kappa shape index (κ1) is 11.6. The molecule has 2 aromatic rings. The van der Waals surface area contributed by atoms with Crippen molar-refractivity contribution in [3.63, 3.8) is 0 Å². The molecule has 0 unspecified atom stereocenters. The van der Waals surface area contributed by atoms with Gasteiger partial charge >= 0.3 is 5.82 Å². The molecule has 0 fully saturated rings. The van der Waals surface area contributed by atoms with Crippen molar-refractivity contribution >= 4 is 44.7 Å². The fraction of sp³-hybridized carbons (Fsp3) is 0.125. The van der Waals surface area contributed by atoms with Crippen molar-refractivity contribution in [2.24, 2.45) is 0 Å². The summed E-state index contributed by atoms with van der Waals surface area (Å²) in [4.78, 5) is 11.0. The number of rotatable bonds is 3. The van der Waals surface area contributed by atoms with Crippen LogP contribution in [0.2, 0.25) is 5.02 Å². The van der Waals surface area contributed by atoms with Gasteiger partial charge in [0.15, 0.2) is 5.02 Å². The molecule has 0 aliphatic heterocycles. The highest BCUT2D eigenvalue weighted by Gasteiger charge is 2.19. The van der Waals surface area contributed by atoms with E-state index < -0.39 is 4.92 Å². The van der Waals surface area contributed by atoms with E-state index in [1.165, 1.54) is 10.9 Å². The maximum Gasteiger partial charge on any atom is 0.408 e. The average Bonchev–Trinajstić information content (AvgIpc) is 2.75. The minimum absolute atomic E-state index is 0.0534. The van der Waals surface area contributed by atoms with Crippen molar-refractivity contribution in [1.82, 2.24) is 9.78 Å². The largest absolute Gasteiger partial charge is 0.408 e. The molecule has 0 atom stereocenters. The van der Waals surface area contributed by atoms with E-state index in [9.17, 15) is 10.1 Å². The minimum atomic E-state index is -0.595. The second-order valence-corrected chi connectivity index (χ2v) is 5.21. The molecule has 0 bridgehead atoms. The van der Waals surface area contributed by atoms with Crippen LogP contribution in [-0.4, -0.2) is 14.7 Å². The van der Waals surface area contributed by atoms with Gasteiger partial charge in [-0.2, -0.15) is 4.68 Å². The summed E-state index contributed by atoms with van der Waals surface area (Å²) in [6.45, 7) is 0.464. The van der Waals surface area contributed by atoms with Gasteiger partial charge in [-0.05, 0) is 32.3 Å². The van der Waals surface area contributed by atoms with Crippen molar-refractivity contribution in [3.05, 3.63) is 42.1 Å². The zero-order chi connectivity index (χ0) is 11.7. The number of thiophene rings is 1. The Bertz CT molecular complexity index is 539. The van der Waals surface area contributed by atoms with Crippen LogP contribution >= 0.6 is 38.9 Å². The predicted molar refractivity (Wildman–Crippen MR) is 65.0 cm³/mol. The summed E-state index contributed by atoms with van der Waals surface area (Å²) in [5.74, 6) is -0.311. The van der Waals surface area contributed by atoms with E-state index in [2.05, 4.69) is 21.0 Å².